The average Bonchev–Trinajstić information content (AvgIpc) is 3.31. The molecule has 0 unspecified atom stereocenters. The number of imidazole rings is 1. The van der Waals surface area contributed by atoms with Gasteiger partial charge in [0.1, 0.15) is 11.8 Å². The summed E-state index contributed by atoms with van der Waals surface area (Å²) in [5, 5.41) is 13.8. The minimum Gasteiger partial charge on any atom is -0.493 e. The Labute approximate surface area is 190 Å². The van der Waals surface area contributed by atoms with Gasteiger partial charge in [-0.05, 0) is 48.0 Å². The second kappa shape index (κ2) is 8.44. The predicted octanol–water partition coefficient (Wildman–Crippen LogP) is 5.01. The van der Waals surface area contributed by atoms with Crippen LogP contribution >= 0.6 is 0 Å². The van der Waals surface area contributed by atoms with E-state index < -0.39 is 0 Å². The van der Waals surface area contributed by atoms with Crippen molar-refractivity contribution >= 4 is 5.65 Å². The van der Waals surface area contributed by atoms with Gasteiger partial charge in [-0.3, -0.25) is 0 Å². The maximum Gasteiger partial charge on any atom is 0.161 e. The van der Waals surface area contributed by atoms with Crippen LogP contribution in [0.25, 0.3) is 39.3 Å². The Morgan fingerprint density at radius 2 is 1.45 bits per heavy atom. The second-order valence-corrected chi connectivity index (χ2v) is 7.32. The van der Waals surface area contributed by atoms with Crippen molar-refractivity contribution < 1.29 is 9.47 Å². The minimum absolute atomic E-state index is 0.400. The van der Waals surface area contributed by atoms with Gasteiger partial charge in [-0.25, -0.2) is 14.5 Å². The first kappa shape index (κ1) is 20.2. The van der Waals surface area contributed by atoms with Crippen molar-refractivity contribution in [3.8, 4) is 51.2 Å². The highest BCUT2D eigenvalue weighted by molar-refractivity contribution is 5.71. The molecule has 5 aromatic rings. The van der Waals surface area contributed by atoms with Crippen molar-refractivity contribution in [2.45, 2.75) is 0 Å². The van der Waals surface area contributed by atoms with Gasteiger partial charge in [0, 0.05) is 22.9 Å². The highest BCUT2D eigenvalue weighted by Crippen LogP contribution is 2.32. The minimum atomic E-state index is 0.400. The molecule has 0 bridgehead atoms. The SMILES string of the molecule is COc1ccc(-c2ccc3ncc(-c4ccc(-c5ccc(C#N)nc5)cc4)n3n2)cc1OC. The van der Waals surface area contributed by atoms with E-state index in [9.17, 15) is 0 Å². The number of rotatable bonds is 5. The number of nitrogens with zero attached hydrogens (tertiary/aromatic N) is 5. The van der Waals surface area contributed by atoms with Crippen LogP contribution in [-0.4, -0.2) is 33.8 Å². The molecule has 7 nitrogen and oxygen atoms in total. The van der Waals surface area contributed by atoms with Gasteiger partial charge in [-0.15, -0.1) is 0 Å². The number of benzene rings is 2. The number of pyridine rings is 1. The lowest BCUT2D eigenvalue weighted by atomic mass is 10.0. The van der Waals surface area contributed by atoms with Crippen molar-refractivity contribution in [1.82, 2.24) is 19.6 Å². The maximum absolute atomic E-state index is 8.93. The molecule has 0 radical (unpaired) electrons. The summed E-state index contributed by atoms with van der Waals surface area (Å²) in [6, 6.07) is 23.4. The average molecular weight is 433 g/mol. The zero-order valence-corrected chi connectivity index (χ0v) is 18.1. The summed E-state index contributed by atoms with van der Waals surface area (Å²) in [4.78, 5) is 8.65. The highest BCUT2D eigenvalue weighted by Gasteiger charge is 2.12. The van der Waals surface area contributed by atoms with Crippen molar-refractivity contribution in [2.24, 2.45) is 0 Å². The largest absolute Gasteiger partial charge is 0.493 e. The standard InChI is InChI=1S/C26H19N5O2/c1-32-24-11-8-19(13-25(24)33-2)22-10-12-26-29-16-23(31(26)30-22)18-5-3-17(4-6-18)20-7-9-21(14-27)28-15-20/h3-13,15-16H,1-2H3. The first-order chi connectivity index (χ1) is 16.2. The molecule has 0 saturated heterocycles. The third-order valence-electron chi connectivity index (χ3n) is 5.43. The van der Waals surface area contributed by atoms with Crippen LogP contribution in [0.3, 0.4) is 0 Å². The summed E-state index contributed by atoms with van der Waals surface area (Å²) < 4.78 is 12.6. The molecule has 0 atom stereocenters. The summed E-state index contributed by atoms with van der Waals surface area (Å²) in [5.41, 5.74) is 6.71. The van der Waals surface area contributed by atoms with Crippen LogP contribution in [0.15, 0.2) is 79.1 Å². The van der Waals surface area contributed by atoms with E-state index >= 15 is 0 Å². The lowest BCUT2D eigenvalue weighted by molar-refractivity contribution is 0.355. The van der Waals surface area contributed by atoms with Crippen molar-refractivity contribution in [3.63, 3.8) is 0 Å². The Hall–Kier alpha value is -4.70. The van der Waals surface area contributed by atoms with Gasteiger partial charge in [0.15, 0.2) is 17.1 Å². The molecular weight excluding hydrogens is 414 g/mol. The molecule has 160 valence electrons. The summed E-state index contributed by atoms with van der Waals surface area (Å²) >= 11 is 0. The second-order valence-electron chi connectivity index (χ2n) is 7.32. The van der Waals surface area contributed by atoms with Gasteiger partial charge in [-0.1, -0.05) is 24.3 Å². The number of nitriles is 1. The molecule has 7 heteroatoms. The fourth-order valence-corrected chi connectivity index (χ4v) is 3.68. The topological polar surface area (TPSA) is 85.3 Å². The molecule has 0 spiro atoms. The van der Waals surface area contributed by atoms with Crippen LogP contribution in [-0.2, 0) is 0 Å². The zero-order valence-electron chi connectivity index (χ0n) is 18.1. The van der Waals surface area contributed by atoms with Crippen LogP contribution in [0, 0.1) is 11.3 Å². The van der Waals surface area contributed by atoms with Crippen LogP contribution in [0.2, 0.25) is 0 Å². The summed E-state index contributed by atoms with van der Waals surface area (Å²) in [6.07, 6.45) is 3.53. The Balaban J connectivity index is 1.51. The van der Waals surface area contributed by atoms with Gasteiger partial charge in [-0.2, -0.15) is 10.4 Å². The molecule has 0 N–H and O–H groups in total. The van der Waals surface area contributed by atoms with Gasteiger partial charge in [0.2, 0.25) is 0 Å². The highest BCUT2D eigenvalue weighted by atomic mass is 16.5. The fourth-order valence-electron chi connectivity index (χ4n) is 3.68. The molecule has 0 aliphatic rings. The third kappa shape index (κ3) is 3.75. The number of fused-ring (bicyclic) bond motifs is 1. The smallest absolute Gasteiger partial charge is 0.161 e. The summed E-state index contributed by atoms with van der Waals surface area (Å²) in [7, 11) is 3.23. The number of ether oxygens (including phenoxy) is 2. The quantitative estimate of drug-likeness (QED) is 0.387. The normalized spacial score (nSPS) is 10.7. The molecule has 0 saturated carbocycles. The Bertz CT molecular complexity index is 1480. The number of hydrogen-bond acceptors (Lipinski definition) is 6. The zero-order chi connectivity index (χ0) is 22.8. The van der Waals surface area contributed by atoms with E-state index in [0.717, 1.165) is 39.3 Å². The lowest BCUT2D eigenvalue weighted by Crippen LogP contribution is -1.97. The molecule has 0 aliphatic heterocycles. The van der Waals surface area contributed by atoms with E-state index in [0.29, 0.717) is 17.2 Å². The summed E-state index contributed by atoms with van der Waals surface area (Å²) in [6.45, 7) is 0. The lowest BCUT2D eigenvalue weighted by Gasteiger charge is -2.10. The van der Waals surface area contributed by atoms with E-state index in [1.165, 1.54) is 0 Å². The van der Waals surface area contributed by atoms with Crippen LogP contribution in [0.4, 0.5) is 0 Å². The molecule has 0 fully saturated rings. The van der Waals surface area contributed by atoms with E-state index in [1.54, 1.807) is 26.5 Å². The maximum atomic E-state index is 8.93. The van der Waals surface area contributed by atoms with E-state index in [4.69, 9.17) is 19.8 Å². The van der Waals surface area contributed by atoms with E-state index in [2.05, 4.69) is 9.97 Å². The van der Waals surface area contributed by atoms with Crippen molar-refractivity contribution in [3.05, 3.63) is 84.8 Å². The fraction of sp³-hybridized carbons (Fsp3) is 0.0769. The Morgan fingerprint density at radius 1 is 0.727 bits per heavy atom. The van der Waals surface area contributed by atoms with Crippen molar-refractivity contribution in [1.29, 1.82) is 5.26 Å². The van der Waals surface area contributed by atoms with Crippen LogP contribution < -0.4 is 9.47 Å². The van der Waals surface area contributed by atoms with E-state index in [1.807, 2.05) is 77.4 Å². The van der Waals surface area contributed by atoms with E-state index in [-0.39, 0.29) is 0 Å². The monoisotopic (exact) mass is 433 g/mol. The number of hydrogen-bond donors (Lipinski definition) is 0. The van der Waals surface area contributed by atoms with Gasteiger partial charge >= 0.3 is 0 Å². The Morgan fingerprint density at radius 3 is 2.15 bits per heavy atom. The predicted molar refractivity (Wildman–Crippen MR) is 125 cm³/mol. The third-order valence-corrected chi connectivity index (χ3v) is 5.43. The van der Waals surface area contributed by atoms with Gasteiger partial charge < -0.3 is 9.47 Å². The first-order valence-electron chi connectivity index (χ1n) is 10.2. The van der Waals surface area contributed by atoms with Gasteiger partial charge in [0.25, 0.3) is 0 Å². The number of methoxy groups -OCH3 is 2. The molecule has 0 aliphatic carbocycles. The summed E-state index contributed by atoms with van der Waals surface area (Å²) in [5.74, 6) is 1.32. The van der Waals surface area contributed by atoms with Crippen LogP contribution in [0.1, 0.15) is 5.69 Å². The Kier molecular flexibility index (Phi) is 5.17. The van der Waals surface area contributed by atoms with Gasteiger partial charge in [0.05, 0.1) is 31.8 Å². The first-order valence-corrected chi connectivity index (χ1v) is 10.2. The van der Waals surface area contributed by atoms with Crippen molar-refractivity contribution in [2.75, 3.05) is 14.2 Å². The molecule has 3 heterocycles. The van der Waals surface area contributed by atoms with Crippen LogP contribution in [0.5, 0.6) is 11.5 Å². The molecule has 33 heavy (non-hydrogen) atoms. The molecule has 5 rings (SSSR count). The number of aromatic nitrogens is 4. The molecule has 3 aromatic heterocycles. The molecule has 2 aromatic carbocycles. The molecular formula is C26H19N5O2. The molecule has 0 amide bonds.